The largest absolute Gasteiger partial charge is 0.444 e. The molecule has 3 rings (SSSR count). The molecule has 2 atom stereocenters. The van der Waals surface area contributed by atoms with Gasteiger partial charge in [0.05, 0.1) is 6.04 Å². The molecule has 3 heterocycles. The molecule has 1 aromatic heterocycles. The Morgan fingerprint density at radius 3 is 2.43 bits per heavy atom. The molecule has 1 amide bonds. The summed E-state index contributed by atoms with van der Waals surface area (Å²) in [5.74, 6) is 0.633. The van der Waals surface area contributed by atoms with Gasteiger partial charge in [-0.05, 0) is 45.7 Å². The lowest BCUT2D eigenvalue weighted by Crippen LogP contribution is -2.58. The maximum atomic E-state index is 12.9. The van der Waals surface area contributed by atoms with Gasteiger partial charge in [0.1, 0.15) is 17.1 Å². The molecule has 0 unspecified atom stereocenters. The zero-order valence-corrected chi connectivity index (χ0v) is 19.6. The fourth-order valence-corrected chi connectivity index (χ4v) is 3.68. The highest BCUT2D eigenvalue weighted by Gasteiger charge is 2.41. The molecule has 0 radical (unpaired) electrons. The summed E-state index contributed by atoms with van der Waals surface area (Å²) < 4.78 is 33.3. The third kappa shape index (κ3) is 6.20. The highest BCUT2D eigenvalue weighted by Crippen LogP contribution is 2.36. The van der Waals surface area contributed by atoms with Crippen LogP contribution in [0.4, 0.5) is 19.4 Å². The van der Waals surface area contributed by atoms with Gasteiger partial charge in [-0.3, -0.25) is 4.31 Å². The van der Waals surface area contributed by atoms with Crippen LogP contribution in [0.15, 0.2) is 12.1 Å². The first-order valence-electron chi connectivity index (χ1n) is 10.4. The summed E-state index contributed by atoms with van der Waals surface area (Å²) in [5, 5.41) is 0. The zero-order chi connectivity index (χ0) is 22.6. The summed E-state index contributed by atoms with van der Waals surface area (Å²) >= 11 is 4.06. The fourth-order valence-electron chi connectivity index (χ4n) is 3.68. The highest BCUT2D eigenvalue weighted by atomic mass is 32.1. The Morgan fingerprint density at radius 2 is 1.93 bits per heavy atom. The quantitative estimate of drug-likeness (QED) is 0.693. The van der Waals surface area contributed by atoms with Gasteiger partial charge in [-0.15, -0.1) is 0 Å². The number of nitrogens with zero attached hydrogens (tertiary/aromatic N) is 4. The summed E-state index contributed by atoms with van der Waals surface area (Å²) in [6, 6.07) is 3.17. The second kappa shape index (κ2) is 10.1. The van der Waals surface area contributed by atoms with E-state index in [0.717, 1.165) is 18.7 Å². The summed E-state index contributed by atoms with van der Waals surface area (Å²) in [5.41, 5.74) is 0.225. The lowest BCUT2D eigenvalue weighted by molar-refractivity contribution is 0.0191. The molecule has 2 aliphatic heterocycles. The van der Waals surface area contributed by atoms with Crippen LogP contribution < -0.4 is 4.90 Å². The Balaban J connectivity index is 0.000000469. The number of ether oxygens (including phenoxy) is 1. The van der Waals surface area contributed by atoms with Crippen LogP contribution >= 0.6 is 12.8 Å². The van der Waals surface area contributed by atoms with Crippen molar-refractivity contribution in [2.75, 3.05) is 31.1 Å². The minimum Gasteiger partial charge on any atom is -0.444 e. The summed E-state index contributed by atoms with van der Waals surface area (Å²) in [6.45, 7) is 14.7. The van der Waals surface area contributed by atoms with Gasteiger partial charge in [-0.1, -0.05) is 32.7 Å². The minimum atomic E-state index is -2.58. The van der Waals surface area contributed by atoms with Gasteiger partial charge in [0, 0.05) is 32.2 Å². The predicted molar refractivity (Wildman–Crippen MR) is 118 cm³/mol. The van der Waals surface area contributed by atoms with E-state index in [9.17, 15) is 13.6 Å². The number of aromatic nitrogens is 1. The van der Waals surface area contributed by atoms with Crippen molar-refractivity contribution >= 4 is 24.7 Å². The first-order valence-corrected chi connectivity index (χ1v) is 10.8. The number of alkyl halides is 2. The van der Waals surface area contributed by atoms with E-state index < -0.39 is 12.0 Å². The van der Waals surface area contributed by atoms with E-state index in [1.165, 1.54) is 6.07 Å². The zero-order valence-electron chi connectivity index (χ0n) is 18.7. The standard InChI is InChI=1S/C17H23F2N3O2.C4H11NS/c1-10-8-21(16(23)24-17(2,3)4)9-12-7-11-5-6-13(14(18)19)20-15(11)22(10)12;1-3-5(6)4-2/h5-6,10,12,14H,7-9H2,1-4H3;6H,3-4H2,1-2H3/t10-,12-;/m1./s1. The first kappa shape index (κ1) is 24.7. The highest BCUT2D eigenvalue weighted by molar-refractivity contribution is 7.77. The number of halogens is 2. The maximum Gasteiger partial charge on any atom is 0.410 e. The van der Waals surface area contributed by atoms with E-state index in [0.29, 0.717) is 25.3 Å². The Bertz CT molecular complexity index is 725. The average molecular weight is 445 g/mol. The lowest BCUT2D eigenvalue weighted by atomic mass is 10.1. The van der Waals surface area contributed by atoms with Crippen molar-refractivity contribution in [1.82, 2.24) is 14.2 Å². The second-order valence-corrected chi connectivity index (χ2v) is 9.22. The van der Waals surface area contributed by atoms with E-state index in [1.54, 1.807) is 11.0 Å². The van der Waals surface area contributed by atoms with E-state index in [2.05, 4.69) is 36.5 Å². The molecule has 0 N–H and O–H groups in total. The Labute approximate surface area is 184 Å². The normalized spacial score (nSPS) is 20.6. The molecule has 0 aromatic carbocycles. The van der Waals surface area contributed by atoms with E-state index >= 15 is 0 Å². The summed E-state index contributed by atoms with van der Waals surface area (Å²) in [6.07, 6.45) is -2.20. The Hall–Kier alpha value is -1.61. The molecule has 6 nitrogen and oxygen atoms in total. The van der Waals surface area contributed by atoms with Crippen LogP contribution in [0.25, 0.3) is 0 Å². The second-order valence-electron chi connectivity index (χ2n) is 8.66. The minimum absolute atomic E-state index is 0.00191. The molecule has 1 fully saturated rings. The van der Waals surface area contributed by atoms with Crippen molar-refractivity contribution in [3.63, 3.8) is 0 Å². The molecule has 1 aromatic rings. The van der Waals surface area contributed by atoms with Crippen LogP contribution in [0.2, 0.25) is 0 Å². The van der Waals surface area contributed by atoms with E-state index in [4.69, 9.17) is 4.74 Å². The van der Waals surface area contributed by atoms with Crippen LogP contribution in [-0.4, -0.2) is 64.1 Å². The third-order valence-electron chi connectivity index (χ3n) is 5.07. The van der Waals surface area contributed by atoms with Gasteiger partial charge in [0.25, 0.3) is 6.43 Å². The van der Waals surface area contributed by atoms with Crippen LogP contribution in [0, 0.1) is 0 Å². The predicted octanol–water partition coefficient (Wildman–Crippen LogP) is 4.56. The first-order chi connectivity index (χ1) is 14.0. The van der Waals surface area contributed by atoms with Gasteiger partial charge in [0.15, 0.2) is 0 Å². The van der Waals surface area contributed by atoms with Crippen LogP contribution in [-0.2, 0) is 11.2 Å². The van der Waals surface area contributed by atoms with Crippen molar-refractivity contribution in [2.24, 2.45) is 0 Å². The molecule has 0 bridgehead atoms. The number of fused-ring (bicyclic) bond motifs is 3. The SMILES string of the molecule is CCN(S)CC.C[C@@H]1CN(C(=O)OC(C)(C)C)C[C@H]2Cc3ccc(C(F)F)nc3N21. The Morgan fingerprint density at radius 1 is 1.30 bits per heavy atom. The molecule has 30 heavy (non-hydrogen) atoms. The van der Waals surface area contributed by atoms with Crippen molar-refractivity contribution in [2.45, 2.75) is 72.1 Å². The average Bonchev–Trinajstić information content (AvgIpc) is 3.04. The van der Waals surface area contributed by atoms with Gasteiger partial charge in [-0.25, -0.2) is 18.6 Å². The van der Waals surface area contributed by atoms with Crippen molar-refractivity contribution < 1.29 is 18.3 Å². The number of hydrogen-bond donors (Lipinski definition) is 1. The summed E-state index contributed by atoms with van der Waals surface area (Å²) in [7, 11) is 0. The van der Waals surface area contributed by atoms with Gasteiger partial charge < -0.3 is 14.5 Å². The molecule has 0 aliphatic carbocycles. The summed E-state index contributed by atoms with van der Waals surface area (Å²) in [4.78, 5) is 20.3. The monoisotopic (exact) mass is 444 g/mol. The molecule has 170 valence electrons. The Kier molecular flexibility index (Phi) is 8.33. The van der Waals surface area contributed by atoms with Gasteiger partial charge in [-0.2, -0.15) is 0 Å². The molecular weight excluding hydrogens is 410 g/mol. The fraction of sp³-hybridized carbons (Fsp3) is 0.714. The van der Waals surface area contributed by atoms with Crippen LogP contribution in [0.3, 0.4) is 0 Å². The molecule has 0 saturated carbocycles. The van der Waals surface area contributed by atoms with Gasteiger partial charge in [0.2, 0.25) is 0 Å². The number of anilines is 1. The van der Waals surface area contributed by atoms with E-state index in [-0.39, 0.29) is 23.9 Å². The maximum absolute atomic E-state index is 12.9. The van der Waals surface area contributed by atoms with Gasteiger partial charge >= 0.3 is 6.09 Å². The molecule has 1 saturated heterocycles. The topological polar surface area (TPSA) is 48.9 Å². The molecular formula is C21H34F2N4O2S. The number of rotatable bonds is 3. The molecule has 2 aliphatic rings. The molecule has 9 heteroatoms. The number of piperazine rings is 1. The number of pyridine rings is 1. The number of thiol groups is 1. The number of carbonyl (C=O) groups is 1. The number of amides is 1. The van der Waals surface area contributed by atoms with Crippen molar-refractivity contribution in [3.05, 3.63) is 23.4 Å². The third-order valence-corrected chi connectivity index (χ3v) is 5.63. The van der Waals surface area contributed by atoms with E-state index in [1.807, 2.05) is 32.0 Å². The van der Waals surface area contributed by atoms with Crippen LogP contribution in [0.1, 0.15) is 59.2 Å². The lowest BCUT2D eigenvalue weighted by Gasteiger charge is -2.43. The van der Waals surface area contributed by atoms with Crippen molar-refractivity contribution in [1.29, 1.82) is 0 Å². The number of hydrogen-bond acceptors (Lipinski definition) is 6. The molecule has 0 spiro atoms. The number of carbonyl (C=O) groups excluding carboxylic acids is 1. The van der Waals surface area contributed by atoms with Crippen LogP contribution in [0.5, 0.6) is 0 Å². The van der Waals surface area contributed by atoms with Crippen molar-refractivity contribution in [3.8, 4) is 0 Å². The smallest absolute Gasteiger partial charge is 0.410 e.